The molecule has 0 saturated heterocycles. The van der Waals surface area contributed by atoms with E-state index in [9.17, 15) is 26.7 Å². The number of fused-ring (bicyclic) bond motifs is 1. The van der Waals surface area contributed by atoms with Gasteiger partial charge in [0.1, 0.15) is 11.3 Å². The van der Waals surface area contributed by atoms with Crippen molar-refractivity contribution in [3.05, 3.63) is 59.8 Å². The number of hydrogen-bond donors (Lipinski definition) is 2. The van der Waals surface area contributed by atoms with Crippen LogP contribution in [0.2, 0.25) is 0 Å². The summed E-state index contributed by atoms with van der Waals surface area (Å²) in [5.74, 6) is -0.575. The zero-order valence-corrected chi connectivity index (χ0v) is 18.6. The van der Waals surface area contributed by atoms with Crippen LogP contribution in [-0.4, -0.2) is 43.1 Å². The van der Waals surface area contributed by atoms with Gasteiger partial charge in [-0.05, 0) is 25.1 Å². The van der Waals surface area contributed by atoms with Crippen LogP contribution in [0.4, 0.5) is 38.1 Å². The number of anilines is 2. The van der Waals surface area contributed by atoms with E-state index in [1.54, 1.807) is 6.92 Å². The Kier molecular flexibility index (Phi) is 6.74. The fourth-order valence-electron chi connectivity index (χ4n) is 3.35. The van der Waals surface area contributed by atoms with E-state index >= 15 is 0 Å². The monoisotopic (exact) mass is 508 g/mol. The highest BCUT2D eigenvalue weighted by molar-refractivity contribution is 6.01. The number of rotatable bonds is 6. The lowest BCUT2D eigenvalue weighted by Crippen LogP contribution is -2.22. The molecule has 2 N–H and O–H groups in total. The molecule has 36 heavy (non-hydrogen) atoms. The molecular formula is C21H17F5N8O2. The highest BCUT2D eigenvalue weighted by atomic mass is 19.4. The number of hydrogen-bond acceptors (Lipinski definition) is 7. The average Bonchev–Trinajstić information content (AvgIpc) is 3.37. The molecule has 0 aliphatic rings. The summed E-state index contributed by atoms with van der Waals surface area (Å²) in [5.41, 5.74) is -1.26. The molecule has 0 bridgehead atoms. The second-order valence-corrected chi connectivity index (χ2v) is 7.36. The predicted molar refractivity (Wildman–Crippen MR) is 117 cm³/mol. The Labute approximate surface area is 199 Å². The van der Waals surface area contributed by atoms with Gasteiger partial charge in [-0.15, -0.1) is 4.80 Å². The average molecular weight is 508 g/mol. The van der Waals surface area contributed by atoms with Gasteiger partial charge in [-0.2, -0.15) is 23.4 Å². The minimum absolute atomic E-state index is 0.0645. The van der Waals surface area contributed by atoms with Crippen LogP contribution in [0.25, 0.3) is 16.9 Å². The molecule has 4 aromatic heterocycles. The molecule has 15 heteroatoms. The van der Waals surface area contributed by atoms with Crippen LogP contribution in [0.1, 0.15) is 36.3 Å². The van der Waals surface area contributed by atoms with E-state index in [0.717, 1.165) is 12.3 Å². The van der Waals surface area contributed by atoms with E-state index < -0.39 is 41.8 Å². The van der Waals surface area contributed by atoms with Gasteiger partial charge in [0.15, 0.2) is 5.82 Å². The summed E-state index contributed by atoms with van der Waals surface area (Å²) in [5, 5.41) is 12.0. The molecule has 0 aliphatic heterocycles. The summed E-state index contributed by atoms with van der Waals surface area (Å²) in [6.07, 6.45) is -3.71. The number of nitrogens with one attached hydrogen (secondary N) is 2. The number of aromatic nitrogens is 6. The van der Waals surface area contributed by atoms with Gasteiger partial charge in [0.05, 0.1) is 53.3 Å². The van der Waals surface area contributed by atoms with Gasteiger partial charge < -0.3 is 15.4 Å². The molecule has 0 aliphatic carbocycles. The van der Waals surface area contributed by atoms with Gasteiger partial charge in [0.25, 0.3) is 6.43 Å². The molecule has 0 saturated carbocycles. The molecule has 1 atom stereocenters. The Morgan fingerprint density at radius 1 is 1.08 bits per heavy atom. The van der Waals surface area contributed by atoms with E-state index in [2.05, 4.69) is 35.8 Å². The molecule has 1 unspecified atom stereocenters. The van der Waals surface area contributed by atoms with Crippen LogP contribution in [0.15, 0.2) is 43.0 Å². The van der Waals surface area contributed by atoms with Crippen molar-refractivity contribution in [3.8, 4) is 5.82 Å². The van der Waals surface area contributed by atoms with Crippen LogP contribution in [0.5, 0.6) is 0 Å². The van der Waals surface area contributed by atoms with E-state index in [1.807, 2.05) is 0 Å². The number of amides is 2. The summed E-state index contributed by atoms with van der Waals surface area (Å²) in [6.45, 7) is 1.61. The van der Waals surface area contributed by atoms with Crippen LogP contribution >= 0.6 is 0 Å². The topological polar surface area (TPSA) is 120 Å². The van der Waals surface area contributed by atoms with Crippen molar-refractivity contribution in [1.82, 2.24) is 29.9 Å². The minimum atomic E-state index is -4.82. The molecular weight excluding hydrogens is 491 g/mol. The Morgan fingerprint density at radius 3 is 2.44 bits per heavy atom. The van der Waals surface area contributed by atoms with Crippen molar-refractivity contribution < 1.29 is 31.5 Å². The van der Waals surface area contributed by atoms with Crippen molar-refractivity contribution in [2.45, 2.75) is 25.6 Å². The van der Waals surface area contributed by atoms with Gasteiger partial charge >= 0.3 is 12.2 Å². The first-order valence-electron chi connectivity index (χ1n) is 10.2. The highest BCUT2D eigenvalue weighted by Gasteiger charge is 2.36. The zero-order chi connectivity index (χ0) is 26.0. The van der Waals surface area contributed by atoms with Gasteiger partial charge in [-0.25, -0.2) is 23.5 Å². The molecule has 0 fully saturated rings. The summed E-state index contributed by atoms with van der Waals surface area (Å²) < 4.78 is 72.5. The molecule has 4 aromatic rings. The number of pyridine rings is 3. The molecule has 188 valence electrons. The van der Waals surface area contributed by atoms with Crippen molar-refractivity contribution in [3.63, 3.8) is 0 Å². The third-order valence-electron chi connectivity index (χ3n) is 5.04. The summed E-state index contributed by atoms with van der Waals surface area (Å²) in [6, 6.07) is 2.24. The number of carbonyl (C=O) groups is 1. The molecule has 10 nitrogen and oxygen atoms in total. The maximum Gasteiger partial charge on any atom is 0.420 e. The van der Waals surface area contributed by atoms with Gasteiger partial charge in [0, 0.05) is 12.7 Å². The molecule has 2 amide bonds. The largest absolute Gasteiger partial charge is 0.420 e. The molecule has 0 radical (unpaired) electrons. The second kappa shape index (κ2) is 9.77. The van der Waals surface area contributed by atoms with Gasteiger partial charge in [-0.1, -0.05) is 0 Å². The Hall–Kier alpha value is -4.27. The van der Waals surface area contributed by atoms with Crippen molar-refractivity contribution in [2.75, 3.05) is 17.7 Å². The fourth-order valence-corrected chi connectivity index (χ4v) is 3.35. The van der Waals surface area contributed by atoms with E-state index in [4.69, 9.17) is 4.74 Å². The van der Waals surface area contributed by atoms with Crippen molar-refractivity contribution in [2.24, 2.45) is 0 Å². The Morgan fingerprint density at radius 2 is 1.81 bits per heavy atom. The van der Waals surface area contributed by atoms with Crippen LogP contribution in [0, 0.1) is 0 Å². The number of alkyl halides is 5. The maximum atomic E-state index is 13.6. The molecule has 4 rings (SSSR count). The lowest BCUT2D eigenvalue weighted by atomic mass is 10.1. The van der Waals surface area contributed by atoms with Crippen molar-refractivity contribution in [1.29, 1.82) is 0 Å². The van der Waals surface area contributed by atoms with E-state index in [0.29, 0.717) is 10.9 Å². The lowest BCUT2D eigenvalue weighted by molar-refractivity contribution is -0.137. The SMILES string of the molecule is COC(C)c1c(NC(=O)Nc2cnc(-n3nccn3)c(C(F)(F)F)c2)cnc2ccc(C(F)F)nc12. The standard InChI is InChI=1S/C21H17F5N8O2/c1-10(36-2)16-15(9-27-13-3-4-14(18(22)23)32-17(13)16)33-20(35)31-11-7-12(21(24,25)26)19(28-8-11)34-29-5-6-30-34/h3-10,18H,1-2H3,(H2,31,33,35). The second-order valence-electron chi connectivity index (χ2n) is 7.36. The summed E-state index contributed by atoms with van der Waals surface area (Å²) in [7, 11) is 1.37. The maximum absolute atomic E-state index is 13.6. The smallest absolute Gasteiger partial charge is 0.377 e. The van der Waals surface area contributed by atoms with Crippen LogP contribution < -0.4 is 10.6 Å². The number of methoxy groups -OCH3 is 1. The van der Waals surface area contributed by atoms with Crippen LogP contribution in [-0.2, 0) is 10.9 Å². The fraction of sp³-hybridized carbons (Fsp3) is 0.238. The van der Waals surface area contributed by atoms with Gasteiger partial charge in [0.2, 0.25) is 0 Å². The van der Waals surface area contributed by atoms with Gasteiger partial charge in [-0.3, -0.25) is 4.98 Å². The molecule has 4 heterocycles. The quantitative estimate of drug-likeness (QED) is 0.355. The Bertz CT molecular complexity index is 1400. The third-order valence-corrected chi connectivity index (χ3v) is 5.04. The lowest BCUT2D eigenvalue weighted by Gasteiger charge is -2.18. The number of carbonyl (C=O) groups excluding carboxylic acids is 1. The van der Waals surface area contributed by atoms with Crippen molar-refractivity contribution >= 4 is 28.4 Å². The normalized spacial score (nSPS) is 12.7. The molecule has 0 spiro atoms. The van der Waals surface area contributed by atoms with E-state index in [-0.39, 0.29) is 28.0 Å². The first-order chi connectivity index (χ1) is 17.1. The first kappa shape index (κ1) is 24.8. The predicted octanol–water partition coefficient (Wildman–Crippen LogP) is 4.91. The zero-order valence-electron chi connectivity index (χ0n) is 18.6. The highest BCUT2D eigenvalue weighted by Crippen LogP contribution is 2.35. The third kappa shape index (κ3) is 5.05. The number of nitrogens with zero attached hydrogens (tertiary/aromatic N) is 6. The molecule has 0 aromatic carbocycles. The first-order valence-corrected chi connectivity index (χ1v) is 10.2. The summed E-state index contributed by atoms with van der Waals surface area (Å²) >= 11 is 0. The minimum Gasteiger partial charge on any atom is -0.377 e. The van der Waals surface area contributed by atoms with Crippen LogP contribution in [0.3, 0.4) is 0 Å². The Balaban J connectivity index is 1.66. The number of halogens is 5. The number of ether oxygens (including phenoxy) is 1. The number of urea groups is 1. The summed E-state index contributed by atoms with van der Waals surface area (Å²) in [4.78, 5) is 25.2. The van der Waals surface area contributed by atoms with E-state index in [1.165, 1.54) is 31.8 Å².